The second kappa shape index (κ2) is 5.40. The zero-order valence-corrected chi connectivity index (χ0v) is 10.4. The van der Waals surface area contributed by atoms with E-state index >= 15 is 0 Å². The number of rotatable bonds is 3. The first-order chi connectivity index (χ1) is 9.11. The summed E-state index contributed by atoms with van der Waals surface area (Å²) in [4.78, 5) is 0. The smallest absolute Gasteiger partial charge is 0.124 e. The van der Waals surface area contributed by atoms with Crippen molar-refractivity contribution >= 4 is 5.69 Å². The molecular formula is C15H13FN2O. The van der Waals surface area contributed by atoms with Crippen LogP contribution in [0.4, 0.5) is 10.1 Å². The van der Waals surface area contributed by atoms with Crippen molar-refractivity contribution in [2.45, 2.75) is 13.5 Å². The Morgan fingerprint density at radius 2 is 2.11 bits per heavy atom. The molecule has 0 aliphatic carbocycles. The van der Waals surface area contributed by atoms with Crippen molar-refractivity contribution in [1.29, 1.82) is 5.26 Å². The van der Waals surface area contributed by atoms with E-state index in [1.807, 2.05) is 25.1 Å². The number of nitrogens with one attached hydrogen (secondary N) is 1. The lowest BCUT2D eigenvalue weighted by molar-refractivity contribution is 0.465. The maximum absolute atomic E-state index is 13.0. The zero-order chi connectivity index (χ0) is 13.8. The fourth-order valence-corrected chi connectivity index (χ4v) is 1.82. The van der Waals surface area contributed by atoms with Crippen LogP contribution < -0.4 is 5.32 Å². The molecule has 0 spiro atoms. The first-order valence-corrected chi connectivity index (χ1v) is 5.83. The standard InChI is InChI=1S/C15H13FN2O/c1-10-3-2-4-11(15(10)19)9-18-14-6-5-13(16)7-12(14)8-17/h2-7,18-19H,9H2,1H3. The van der Waals surface area contributed by atoms with Crippen molar-refractivity contribution < 1.29 is 9.50 Å². The van der Waals surface area contributed by atoms with E-state index in [2.05, 4.69) is 5.32 Å². The van der Waals surface area contributed by atoms with Gasteiger partial charge in [0.05, 0.1) is 11.3 Å². The zero-order valence-electron chi connectivity index (χ0n) is 10.4. The second-order valence-electron chi connectivity index (χ2n) is 4.24. The largest absolute Gasteiger partial charge is 0.507 e. The molecule has 0 amide bonds. The van der Waals surface area contributed by atoms with Crippen LogP contribution in [0.1, 0.15) is 16.7 Å². The summed E-state index contributed by atoms with van der Waals surface area (Å²) < 4.78 is 13.0. The van der Waals surface area contributed by atoms with Crippen molar-refractivity contribution in [3.63, 3.8) is 0 Å². The van der Waals surface area contributed by atoms with E-state index in [0.29, 0.717) is 12.2 Å². The molecule has 0 saturated heterocycles. The van der Waals surface area contributed by atoms with Crippen molar-refractivity contribution in [3.8, 4) is 11.8 Å². The van der Waals surface area contributed by atoms with Gasteiger partial charge in [0.25, 0.3) is 0 Å². The fraction of sp³-hybridized carbons (Fsp3) is 0.133. The van der Waals surface area contributed by atoms with Gasteiger partial charge in [-0.05, 0) is 30.7 Å². The van der Waals surface area contributed by atoms with Gasteiger partial charge < -0.3 is 10.4 Å². The van der Waals surface area contributed by atoms with Crippen LogP contribution in [0.25, 0.3) is 0 Å². The Balaban J connectivity index is 2.20. The highest BCUT2D eigenvalue weighted by molar-refractivity contribution is 5.58. The molecule has 0 fully saturated rings. The molecule has 0 atom stereocenters. The molecule has 0 saturated carbocycles. The minimum atomic E-state index is -0.444. The minimum absolute atomic E-state index is 0.232. The quantitative estimate of drug-likeness (QED) is 0.885. The number of para-hydroxylation sites is 1. The van der Waals surface area contributed by atoms with Crippen LogP contribution in [-0.4, -0.2) is 5.11 Å². The first kappa shape index (κ1) is 12.9. The molecule has 2 aromatic carbocycles. The van der Waals surface area contributed by atoms with Gasteiger partial charge in [-0.1, -0.05) is 18.2 Å². The molecule has 0 heterocycles. The Kier molecular flexibility index (Phi) is 3.67. The average Bonchev–Trinajstić information content (AvgIpc) is 2.41. The number of nitrogens with zero attached hydrogens (tertiary/aromatic N) is 1. The highest BCUT2D eigenvalue weighted by Gasteiger charge is 2.06. The molecule has 2 N–H and O–H groups in total. The summed E-state index contributed by atoms with van der Waals surface area (Å²) in [6.07, 6.45) is 0. The molecule has 0 unspecified atom stereocenters. The van der Waals surface area contributed by atoms with Gasteiger partial charge in [-0.3, -0.25) is 0 Å². The summed E-state index contributed by atoms with van der Waals surface area (Å²) >= 11 is 0. The molecule has 3 nitrogen and oxygen atoms in total. The second-order valence-corrected chi connectivity index (χ2v) is 4.24. The molecule has 0 bridgehead atoms. The minimum Gasteiger partial charge on any atom is -0.507 e. The van der Waals surface area contributed by atoms with Gasteiger partial charge in [0, 0.05) is 12.1 Å². The van der Waals surface area contributed by atoms with E-state index in [-0.39, 0.29) is 11.3 Å². The van der Waals surface area contributed by atoms with Crippen LogP contribution in [-0.2, 0) is 6.54 Å². The summed E-state index contributed by atoms with van der Waals surface area (Å²) in [5.41, 5.74) is 2.31. The molecule has 0 aliphatic heterocycles. The van der Waals surface area contributed by atoms with Gasteiger partial charge in [-0.25, -0.2) is 4.39 Å². The molecule has 0 aliphatic rings. The van der Waals surface area contributed by atoms with Gasteiger partial charge in [0.1, 0.15) is 17.6 Å². The average molecular weight is 256 g/mol. The number of halogens is 1. The Bertz CT molecular complexity index is 647. The Morgan fingerprint density at radius 3 is 2.84 bits per heavy atom. The van der Waals surface area contributed by atoms with E-state index < -0.39 is 5.82 Å². The van der Waals surface area contributed by atoms with Gasteiger partial charge in [0.15, 0.2) is 0 Å². The van der Waals surface area contributed by atoms with Gasteiger partial charge in [-0.15, -0.1) is 0 Å². The Labute approximate surface area is 110 Å². The number of aromatic hydroxyl groups is 1. The van der Waals surface area contributed by atoms with Crippen molar-refractivity contribution in [1.82, 2.24) is 0 Å². The Morgan fingerprint density at radius 1 is 1.32 bits per heavy atom. The van der Waals surface area contributed by atoms with Gasteiger partial charge in [-0.2, -0.15) is 5.26 Å². The summed E-state index contributed by atoms with van der Waals surface area (Å²) in [6, 6.07) is 11.4. The fourth-order valence-electron chi connectivity index (χ4n) is 1.82. The number of anilines is 1. The van der Waals surface area contributed by atoms with Gasteiger partial charge >= 0.3 is 0 Å². The third-order valence-electron chi connectivity index (χ3n) is 2.89. The summed E-state index contributed by atoms with van der Waals surface area (Å²) in [5.74, 6) is -0.212. The predicted octanol–water partition coefficient (Wildman–Crippen LogP) is 3.32. The SMILES string of the molecule is Cc1cccc(CNc2ccc(F)cc2C#N)c1O. The number of benzene rings is 2. The lowest BCUT2D eigenvalue weighted by Gasteiger charge is -2.10. The van der Waals surface area contributed by atoms with Gasteiger partial charge in [0.2, 0.25) is 0 Å². The third kappa shape index (κ3) is 2.83. The van der Waals surface area contributed by atoms with Crippen LogP contribution in [0.5, 0.6) is 5.75 Å². The maximum Gasteiger partial charge on any atom is 0.124 e. The highest BCUT2D eigenvalue weighted by Crippen LogP contribution is 2.23. The number of phenols is 1. The van der Waals surface area contributed by atoms with Crippen LogP contribution >= 0.6 is 0 Å². The number of nitriles is 1. The van der Waals surface area contributed by atoms with E-state index in [1.165, 1.54) is 18.2 Å². The van der Waals surface area contributed by atoms with E-state index in [1.54, 1.807) is 6.07 Å². The summed E-state index contributed by atoms with van der Waals surface area (Å²) in [5, 5.41) is 21.8. The molecule has 96 valence electrons. The van der Waals surface area contributed by atoms with E-state index in [0.717, 1.165) is 11.1 Å². The van der Waals surface area contributed by atoms with Crippen molar-refractivity contribution in [2.24, 2.45) is 0 Å². The molecule has 0 aromatic heterocycles. The summed E-state index contributed by atoms with van der Waals surface area (Å²) in [6.45, 7) is 2.19. The van der Waals surface area contributed by atoms with Crippen LogP contribution in [0.3, 0.4) is 0 Å². The molecule has 2 aromatic rings. The lowest BCUT2D eigenvalue weighted by Crippen LogP contribution is -2.02. The normalized spacial score (nSPS) is 9.95. The lowest BCUT2D eigenvalue weighted by atomic mass is 10.1. The number of hydrogen-bond acceptors (Lipinski definition) is 3. The topological polar surface area (TPSA) is 56.0 Å². The number of hydrogen-bond donors (Lipinski definition) is 2. The van der Waals surface area contributed by atoms with Crippen molar-refractivity contribution in [3.05, 3.63) is 58.9 Å². The molecule has 0 radical (unpaired) electrons. The number of phenolic OH excluding ortho intramolecular Hbond substituents is 1. The number of aryl methyl sites for hydroxylation is 1. The van der Waals surface area contributed by atoms with E-state index in [9.17, 15) is 9.50 Å². The predicted molar refractivity (Wildman–Crippen MR) is 71.3 cm³/mol. The summed E-state index contributed by atoms with van der Waals surface area (Å²) in [7, 11) is 0. The van der Waals surface area contributed by atoms with Crippen LogP contribution in [0.15, 0.2) is 36.4 Å². The first-order valence-electron chi connectivity index (χ1n) is 5.83. The monoisotopic (exact) mass is 256 g/mol. The Hall–Kier alpha value is -2.54. The molecular weight excluding hydrogens is 243 g/mol. The van der Waals surface area contributed by atoms with E-state index in [4.69, 9.17) is 5.26 Å². The third-order valence-corrected chi connectivity index (χ3v) is 2.89. The van der Waals surface area contributed by atoms with Crippen LogP contribution in [0, 0.1) is 24.1 Å². The highest BCUT2D eigenvalue weighted by atomic mass is 19.1. The molecule has 4 heteroatoms. The van der Waals surface area contributed by atoms with Crippen LogP contribution in [0.2, 0.25) is 0 Å². The maximum atomic E-state index is 13.0. The molecule has 19 heavy (non-hydrogen) atoms. The molecule has 2 rings (SSSR count). The van der Waals surface area contributed by atoms with Crippen molar-refractivity contribution in [2.75, 3.05) is 5.32 Å².